The molecule has 0 atom stereocenters. The standard InChI is InChI=1S/C16H20N2O3S/c1-21-15(20)13-8-6-7-12(11-13)14(19)17-16(22)18-9-4-2-3-5-10-18/h6-8,11H,2-5,9-10H2,1H3,(H,17,19,22). The topological polar surface area (TPSA) is 58.6 Å². The number of benzene rings is 1. The minimum Gasteiger partial charge on any atom is -0.465 e. The van der Waals surface area contributed by atoms with Crippen LogP contribution in [0.25, 0.3) is 0 Å². The van der Waals surface area contributed by atoms with Crippen LogP contribution in [0.4, 0.5) is 0 Å². The van der Waals surface area contributed by atoms with Crippen molar-refractivity contribution in [3.8, 4) is 0 Å². The molecule has 0 unspecified atom stereocenters. The molecule has 118 valence electrons. The van der Waals surface area contributed by atoms with Crippen molar-refractivity contribution < 1.29 is 14.3 Å². The van der Waals surface area contributed by atoms with Crippen LogP contribution in [-0.4, -0.2) is 42.1 Å². The molecule has 1 aliphatic rings. The van der Waals surface area contributed by atoms with Gasteiger partial charge < -0.3 is 9.64 Å². The summed E-state index contributed by atoms with van der Waals surface area (Å²) in [6.07, 6.45) is 4.59. The predicted molar refractivity (Wildman–Crippen MR) is 87.9 cm³/mol. The molecule has 2 rings (SSSR count). The number of esters is 1. The number of carbonyl (C=O) groups excluding carboxylic acids is 2. The Morgan fingerprint density at radius 2 is 1.77 bits per heavy atom. The third-order valence-corrected chi connectivity index (χ3v) is 4.02. The third kappa shape index (κ3) is 4.27. The molecule has 0 radical (unpaired) electrons. The van der Waals surface area contributed by atoms with Gasteiger partial charge in [0.2, 0.25) is 0 Å². The Kier molecular flexibility index (Phi) is 5.89. The molecule has 6 heteroatoms. The minimum atomic E-state index is -0.468. The highest BCUT2D eigenvalue weighted by Crippen LogP contribution is 2.11. The summed E-state index contributed by atoms with van der Waals surface area (Å²) in [4.78, 5) is 25.8. The molecule has 0 aromatic heterocycles. The molecule has 22 heavy (non-hydrogen) atoms. The summed E-state index contributed by atoms with van der Waals surface area (Å²) < 4.78 is 4.66. The molecule has 1 heterocycles. The van der Waals surface area contributed by atoms with E-state index in [2.05, 4.69) is 10.1 Å². The van der Waals surface area contributed by atoms with Gasteiger partial charge in [0.1, 0.15) is 0 Å². The fraction of sp³-hybridized carbons (Fsp3) is 0.438. The molecular formula is C16H20N2O3S. The Bertz CT molecular complexity index is 566. The van der Waals surface area contributed by atoms with Crippen LogP contribution in [0, 0.1) is 0 Å². The van der Waals surface area contributed by atoms with E-state index in [1.54, 1.807) is 18.2 Å². The molecule has 1 aliphatic heterocycles. The lowest BCUT2D eigenvalue weighted by Gasteiger charge is -2.23. The maximum atomic E-state index is 12.3. The first-order valence-corrected chi connectivity index (χ1v) is 7.81. The van der Waals surface area contributed by atoms with Crippen molar-refractivity contribution in [2.24, 2.45) is 0 Å². The van der Waals surface area contributed by atoms with Crippen molar-refractivity contribution in [2.45, 2.75) is 25.7 Å². The summed E-state index contributed by atoms with van der Waals surface area (Å²) in [6.45, 7) is 1.75. The van der Waals surface area contributed by atoms with Gasteiger partial charge in [-0.15, -0.1) is 0 Å². The van der Waals surface area contributed by atoms with Crippen LogP contribution in [0.5, 0.6) is 0 Å². The number of thiocarbonyl (C=S) groups is 1. The maximum Gasteiger partial charge on any atom is 0.337 e. The molecule has 1 amide bonds. The van der Waals surface area contributed by atoms with Crippen LogP contribution in [0.1, 0.15) is 46.4 Å². The van der Waals surface area contributed by atoms with Crippen molar-refractivity contribution >= 4 is 29.2 Å². The van der Waals surface area contributed by atoms with E-state index < -0.39 is 5.97 Å². The Balaban J connectivity index is 2.02. The average molecular weight is 320 g/mol. The fourth-order valence-electron chi connectivity index (χ4n) is 2.43. The van der Waals surface area contributed by atoms with Crippen molar-refractivity contribution in [1.29, 1.82) is 0 Å². The number of carbonyl (C=O) groups is 2. The monoisotopic (exact) mass is 320 g/mol. The quantitative estimate of drug-likeness (QED) is 0.670. The van der Waals surface area contributed by atoms with E-state index in [9.17, 15) is 9.59 Å². The van der Waals surface area contributed by atoms with E-state index in [0.29, 0.717) is 16.2 Å². The number of hydrogen-bond acceptors (Lipinski definition) is 4. The number of nitrogens with zero attached hydrogens (tertiary/aromatic N) is 1. The van der Waals surface area contributed by atoms with E-state index in [1.807, 2.05) is 4.90 Å². The second-order valence-corrected chi connectivity index (χ2v) is 5.62. The van der Waals surface area contributed by atoms with Gasteiger partial charge in [-0.25, -0.2) is 4.79 Å². The molecule has 1 aromatic rings. The van der Waals surface area contributed by atoms with Crippen LogP contribution in [0.3, 0.4) is 0 Å². The number of likely N-dealkylation sites (tertiary alicyclic amines) is 1. The largest absolute Gasteiger partial charge is 0.465 e. The summed E-state index contributed by atoms with van der Waals surface area (Å²) in [5, 5.41) is 3.20. The normalized spacial score (nSPS) is 14.9. The van der Waals surface area contributed by atoms with Gasteiger partial charge in [0.25, 0.3) is 5.91 Å². The predicted octanol–water partition coefficient (Wildman–Crippen LogP) is 2.36. The number of amides is 1. The van der Waals surface area contributed by atoms with Crippen LogP contribution in [0.2, 0.25) is 0 Å². The molecular weight excluding hydrogens is 300 g/mol. The highest BCUT2D eigenvalue weighted by atomic mass is 32.1. The number of methoxy groups -OCH3 is 1. The highest BCUT2D eigenvalue weighted by Gasteiger charge is 2.16. The fourth-order valence-corrected chi connectivity index (χ4v) is 2.70. The van der Waals surface area contributed by atoms with Crippen LogP contribution in [-0.2, 0) is 4.74 Å². The lowest BCUT2D eigenvalue weighted by molar-refractivity contribution is 0.0600. The third-order valence-electron chi connectivity index (χ3n) is 3.66. The van der Waals surface area contributed by atoms with Gasteiger partial charge in [-0.05, 0) is 43.3 Å². The van der Waals surface area contributed by atoms with Crippen LogP contribution >= 0.6 is 12.2 Å². The van der Waals surface area contributed by atoms with Gasteiger partial charge in [0.05, 0.1) is 12.7 Å². The zero-order chi connectivity index (χ0) is 15.9. The molecule has 0 bridgehead atoms. The first-order chi connectivity index (χ1) is 10.6. The molecule has 0 aliphatic carbocycles. The van der Waals surface area contributed by atoms with Crippen molar-refractivity contribution in [1.82, 2.24) is 10.2 Å². The zero-order valence-corrected chi connectivity index (χ0v) is 13.4. The molecule has 5 nitrogen and oxygen atoms in total. The number of ether oxygens (including phenoxy) is 1. The maximum absolute atomic E-state index is 12.3. The lowest BCUT2D eigenvalue weighted by atomic mass is 10.1. The van der Waals surface area contributed by atoms with Crippen LogP contribution < -0.4 is 5.32 Å². The van der Waals surface area contributed by atoms with Crippen molar-refractivity contribution in [2.75, 3.05) is 20.2 Å². The second-order valence-electron chi connectivity index (χ2n) is 5.23. The summed E-state index contributed by atoms with van der Waals surface area (Å²) in [6, 6.07) is 6.41. The molecule has 1 saturated heterocycles. The van der Waals surface area contributed by atoms with E-state index in [4.69, 9.17) is 12.2 Å². The molecule has 1 aromatic carbocycles. The molecule has 0 spiro atoms. The number of nitrogens with one attached hydrogen (secondary N) is 1. The number of hydrogen-bond donors (Lipinski definition) is 1. The lowest BCUT2D eigenvalue weighted by Crippen LogP contribution is -2.43. The Hall–Kier alpha value is -1.95. The van der Waals surface area contributed by atoms with E-state index >= 15 is 0 Å². The van der Waals surface area contributed by atoms with Crippen molar-refractivity contribution in [3.63, 3.8) is 0 Å². The van der Waals surface area contributed by atoms with Gasteiger partial charge in [-0.1, -0.05) is 18.9 Å². The average Bonchev–Trinajstić information content (AvgIpc) is 2.83. The first kappa shape index (κ1) is 16.4. The second kappa shape index (κ2) is 7.89. The van der Waals surface area contributed by atoms with E-state index in [1.165, 1.54) is 26.0 Å². The molecule has 1 fully saturated rings. The molecule has 0 saturated carbocycles. The van der Waals surface area contributed by atoms with Gasteiger partial charge in [0.15, 0.2) is 5.11 Å². The summed E-state index contributed by atoms with van der Waals surface area (Å²) >= 11 is 5.32. The van der Waals surface area contributed by atoms with E-state index in [0.717, 1.165) is 25.9 Å². The minimum absolute atomic E-state index is 0.306. The van der Waals surface area contributed by atoms with Gasteiger partial charge in [0, 0.05) is 18.7 Å². The Labute approximate surface area is 135 Å². The smallest absolute Gasteiger partial charge is 0.337 e. The summed E-state index contributed by atoms with van der Waals surface area (Å²) in [5.41, 5.74) is 0.732. The van der Waals surface area contributed by atoms with Gasteiger partial charge in [-0.3, -0.25) is 10.1 Å². The van der Waals surface area contributed by atoms with E-state index in [-0.39, 0.29) is 5.91 Å². The molecule has 1 N–H and O–H groups in total. The Morgan fingerprint density at radius 1 is 1.14 bits per heavy atom. The van der Waals surface area contributed by atoms with Crippen LogP contribution in [0.15, 0.2) is 24.3 Å². The Morgan fingerprint density at radius 3 is 2.41 bits per heavy atom. The van der Waals surface area contributed by atoms with Crippen molar-refractivity contribution in [3.05, 3.63) is 35.4 Å². The SMILES string of the molecule is COC(=O)c1cccc(C(=O)NC(=S)N2CCCCCC2)c1. The van der Waals surface area contributed by atoms with Gasteiger partial charge >= 0.3 is 5.97 Å². The van der Waals surface area contributed by atoms with Gasteiger partial charge in [-0.2, -0.15) is 0 Å². The summed E-state index contributed by atoms with van der Waals surface area (Å²) in [7, 11) is 1.31. The summed E-state index contributed by atoms with van der Waals surface area (Å²) in [5.74, 6) is -0.773. The highest BCUT2D eigenvalue weighted by molar-refractivity contribution is 7.80. The first-order valence-electron chi connectivity index (χ1n) is 7.40. The number of rotatable bonds is 2. The zero-order valence-electron chi connectivity index (χ0n) is 12.6.